The predicted octanol–water partition coefficient (Wildman–Crippen LogP) is 4.11. The number of hydrogen-bond donors (Lipinski definition) is 1. The van der Waals surface area contributed by atoms with Gasteiger partial charge in [0.25, 0.3) is 0 Å². The van der Waals surface area contributed by atoms with E-state index in [1.165, 1.54) is 16.3 Å². The average molecular weight is 280 g/mol. The lowest BCUT2D eigenvalue weighted by atomic mass is 9.96. The lowest BCUT2D eigenvalue weighted by Crippen LogP contribution is -2.21. The van der Waals surface area contributed by atoms with Crippen LogP contribution in [0.15, 0.2) is 59.5 Å². The zero-order valence-electron chi connectivity index (χ0n) is 12.3. The molecule has 0 spiro atoms. The third-order valence-electron chi connectivity index (χ3n) is 3.80. The Labute approximate surface area is 125 Å². The first kappa shape index (κ1) is 13.8. The van der Waals surface area contributed by atoms with Crippen LogP contribution in [-0.4, -0.2) is 11.5 Å². The van der Waals surface area contributed by atoms with Crippen LogP contribution >= 0.6 is 0 Å². The number of benzene rings is 1. The summed E-state index contributed by atoms with van der Waals surface area (Å²) in [4.78, 5) is 4.21. The van der Waals surface area contributed by atoms with Crippen LogP contribution in [0.2, 0.25) is 0 Å². The van der Waals surface area contributed by atoms with Crippen molar-refractivity contribution >= 4 is 10.8 Å². The molecule has 0 aliphatic rings. The number of nitrogens with zero attached hydrogens (tertiary/aromatic N) is 1. The van der Waals surface area contributed by atoms with Crippen molar-refractivity contribution in [1.82, 2.24) is 10.3 Å². The van der Waals surface area contributed by atoms with Gasteiger partial charge in [0.2, 0.25) is 0 Å². The fourth-order valence-electron chi connectivity index (χ4n) is 2.81. The Balaban J connectivity index is 1.88. The van der Waals surface area contributed by atoms with E-state index < -0.39 is 0 Å². The van der Waals surface area contributed by atoms with Gasteiger partial charge in [-0.15, -0.1) is 0 Å². The number of furan rings is 1. The number of fused-ring (bicyclic) bond motifs is 1. The number of aromatic nitrogens is 1. The van der Waals surface area contributed by atoms with Crippen molar-refractivity contribution in [1.29, 1.82) is 0 Å². The maximum absolute atomic E-state index is 5.45. The van der Waals surface area contributed by atoms with E-state index in [4.69, 9.17) is 4.42 Å². The van der Waals surface area contributed by atoms with E-state index in [9.17, 15) is 0 Å². The van der Waals surface area contributed by atoms with Crippen LogP contribution in [0.5, 0.6) is 0 Å². The van der Waals surface area contributed by atoms with Crippen LogP contribution in [0, 0.1) is 0 Å². The Bertz CT molecular complexity index is 686. The number of aryl methyl sites for hydroxylation is 1. The quantitative estimate of drug-likeness (QED) is 0.738. The van der Waals surface area contributed by atoms with Crippen molar-refractivity contribution < 1.29 is 4.42 Å². The van der Waals surface area contributed by atoms with Crippen LogP contribution in [-0.2, 0) is 6.42 Å². The Morgan fingerprint density at radius 1 is 1.19 bits per heavy atom. The van der Waals surface area contributed by atoms with Gasteiger partial charge in [-0.3, -0.25) is 4.98 Å². The van der Waals surface area contributed by atoms with Gasteiger partial charge < -0.3 is 9.73 Å². The number of hydrogen-bond acceptors (Lipinski definition) is 3. The summed E-state index contributed by atoms with van der Waals surface area (Å²) in [5, 5.41) is 6.06. The Morgan fingerprint density at radius 2 is 2.14 bits per heavy atom. The van der Waals surface area contributed by atoms with Crippen molar-refractivity contribution in [3.8, 4) is 0 Å². The summed E-state index contributed by atoms with van der Waals surface area (Å²) in [6.07, 6.45) is 7.48. The Hall–Kier alpha value is -2.13. The molecule has 3 nitrogen and oxygen atoms in total. The minimum Gasteiger partial charge on any atom is -0.469 e. The SMILES string of the molecule is CCNC(CCc1ccco1)c1cccc2cnccc12. The normalized spacial score (nSPS) is 12.6. The molecule has 2 aromatic heterocycles. The van der Waals surface area contributed by atoms with Crippen LogP contribution in [0.4, 0.5) is 0 Å². The molecule has 0 amide bonds. The van der Waals surface area contributed by atoms with E-state index in [0.717, 1.165) is 25.1 Å². The second-order valence-corrected chi connectivity index (χ2v) is 5.17. The first-order valence-electron chi connectivity index (χ1n) is 7.47. The molecule has 1 atom stereocenters. The van der Waals surface area contributed by atoms with Crippen LogP contribution in [0.3, 0.4) is 0 Å². The second-order valence-electron chi connectivity index (χ2n) is 5.17. The van der Waals surface area contributed by atoms with E-state index >= 15 is 0 Å². The van der Waals surface area contributed by atoms with E-state index in [0.29, 0.717) is 6.04 Å². The summed E-state index contributed by atoms with van der Waals surface area (Å²) in [5.41, 5.74) is 1.34. The fourth-order valence-corrected chi connectivity index (χ4v) is 2.81. The number of rotatable bonds is 6. The summed E-state index contributed by atoms with van der Waals surface area (Å²) >= 11 is 0. The molecule has 0 aliphatic carbocycles. The van der Waals surface area contributed by atoms with Gasteiger partial charge in [0.05, 0.1) is 6.26 Å². The zero-order chi connectivity index (χ0) is 14.5. The molecule has 1 unspecified atom stereocenters. The first-order valence-corrected chi connectivity index (χ1v) is 7.47. The highest BCUT2D eigenvalue weighted by Gasteiger charge is 2.14. The highest BCUT2D eigenvalue weighted by molar-refractivity contribution is 5.85. The predicted molar refractivity (Wildman–Crippen MR) is 85.2 cm³/mol. The maximum Gasteiger partial charge on any atom is 0.103 e. The third-order valence-corrected chi connectivity index (χ3v) is 3.80. The summed E-state index contributed by atoms with van der Waals surface area (Å²) in [5.74, 6) is 1.04. The average Bonchev–Trinajstić information content (AvgIpc) is 3.04. The Kier molecular flexibility index (Phi) is 4.31. The molecular weight excluding hydrogens is 260 g/mol. The van der Waals surface area contributed by atoms with Gasteiger partial charge >= 0.3 is 0 Å². The molecular formula is C18H20N2O. The molecule has 3 heteroatoms. The lowest BCUT2D eigenvalue weighted by molar-refractivity contribution is 0.460. The van der Waals surface area contributed by atoms with Crippen LogP contribution in [0.25, 0.3) is 10.8 Å². The standard InChI is InChI=1S/C18H20N2O/c1-2-20-18(9-8-15-6-4-12-21-15)17-7-3-5-14-13-19-11-10-16(14)17/h3-7,10-13,18,20H,2,8-9H2,1H3. The Morgan fingerprint density at radius 3 is 2.95 bits per heavy atom. The summed E-state index contributed by atoms with van der Waals surface area (Å²) in [6.45, 7) is 3.09. The molecule has 3 rings (SSSR count). The first-order chi connectivity index (χ1) is 10.4. The maximum atomic E-state index is 5.45. The molecule has 21 heavy (non-hydrogen) atoms. The molecule has 108 valence electrons. The summed E-state index contributed by atoms with van der Waals surface area (Å²) < 4.78 is 5.45. The van der Waals surface area contributed by atoms with Gasteiger partial charge in [0.15, 0.2) is 0 Å². The van der Waals surface area contributed by atoms with Gasteiger partial charge in [-0.2, -0.15) is 0 Å². The highest BCUT2D eigenvalue weighted by Crippen LogP contribution is 2.27. The van der Waals surface area contributed by atoms with E-state index in [1.807, 2.05) is 24.5 Å². The summed E-state index contributed by atoms with van der Waals surface area (Å²) in [6, 6.07) is 12.8. The zero-order valence-corrected chi connectivity index (χ0v) is 12.3. The lowest BCUT2D eigenvalue weighted by Gasteiger charge is -2.19. The van der Waals surface area contributed by atoms with Gasteiger partial charge in [-0.05, 0) is 42.1 Å². The molecule has 3 aromatic rings. The molecule has 1 aromatic carbocycles. The summed E-state index contributed by atoms with van der Waals surface area (Å²) in [7, 11) is 0. The molecule has 2 heterocycles. The molecule has 0 radical (unpaired) electrons. The van der Waals surface area contributed by atoms with Crippen LogP contribution < -0.4 is 5.32 Å². The van der Waals surface area contributed by atoms with E-state index in [2.05, 4.69) is 41.5 Å². The molecule has 0 saturated heterocycles. The van der Waals surface area contributed by atoms with Crippen molar-refractivity contribution in [2.45, 2.75) is 25.8 Å². The molecule has 0 bridgehead atoms. The van der Waals surface area contributed by atoms with E-state index in [-0.39, 0.29) is 0 Å². The smallest absolute Gasteiger partial charge is 0.103 e. The minimum absolute atomic E-state index is 0.325. The minimum atomic E-state index is 0.325. The van der Waals surface area contributed by atoms with Gasteiger partial charge in [-0.25, -0.2) is 0 Å². The van der Waals surface area contributed by atoms with E-state index in [1.54, 1.807) is 6.26 Å². The van der Waals surface area contributed by atoms with Crippen molar-refractivity contribution in [2.24, 2.45) is 0 Å². The topological polar surface area (TPSA) is 38.1 Å². The third kappa shape index (κ3) is 3.14. The van der Waals surface area contributed by atoms with Gasteiger partial charge in [-0.1, -0.05) is 25.1 Å². The van der Waals surface area contributed by atoms with Crippen LogP contribution in [0.1, 0.15) is 30.7 Å². The number of pyridine rings is 1. The molecule has 1 N–H and O–H groups in total. The second kappa shape index (κ2) is 6.55. The van der Waals surface area contributed by atoms with Gasteiger partial charge in [0, 0.05) is 30.2 Å². The fraction of sp³-hybridized carbons (Fsp3) is 0.278. The largest absolute Gasteiger partial charge is 0.469 e. The molecule has 0 saturated carbocycles. The molecule has 0 fully saturated rings. The van der Waals surface area contributed by atoms with Crippen molar-refractivity contribution in [2.75, 3.05) is 6.54 Å². The van der Waals surface area contributed by atoms with Crippen molar-refractivity contribution in [3.63, 3.8) is 0 Å². The molecule has 0 aliphatic heterocycles. The van der Waals surface area contributed by atoms with Crippen molar-refractivity contribution in [3.05, 3.63) is 66.4 Å². The monoisotopic (exact) mass is 280 g/mol. The van der Waals surface area contributed by atoms with Gasteiger partial charge in [0.1, 0.15) is 5.76 Å². The number of nitrogens with one attached hydrogen (secondary N) is 1. The highest BCUT2D eigenvalue weighted by atomic mass is 16.3.